The maximum Gasteiger partial charge on any atom is 1.00 e. The Hall–Kier alpha value is -0.980. The van der Waals surface area contributed by atoms with Crippen molar-refractivity contribution >= 4 is 52.1 Å². The molecule has 0 saturated heterocycles. The quantitative estimate of drug-likeness (QED) is 0.470. The maximum absolute atomic E-state index is 11.8. The van der Waals surface area contributed by atoms with Crippen molar-refractivity contribution in [3.05, 3.63) is 39.5 Å². The van der Waals surface area contributed by atoms with Gasteiger partial charge in [0.2, 0.25) is 0 Å². The average molecular weight is 378 g/mol. The Labute approximate surface area is 171 Å². The number of ether oxygens (including phenoxy) is 1. The van der Waals surface area contributed by atoms with Crippen molar-refractivity contribution in [2.75, 3.05) is 0 Å². The number of fused-ring (bicyclic) bond motifs is 1. The number of aromatic carboxylic acids is 1. The number of aromatic amines is 1. The number of H-pyrrole nitrogens is 1. The van der Waals surface area contributed by atoms with E-state index in [0.717, 1.165) is 6.08 Å². The third kappa shape index (κ3) is 5.01. The molecule has 1 N–H and O–H groups in total. The topological polar surface area (TPSA) is 82.2 Å². The summed E-state index contributed by atoms with van der Waals surface area (Å²) in [6.45, 7) is 5.20. The predicted octanol–water partition coefficient (Wildman–Crippen LogP) is 0.197. The molecular formula is C16H14Cl2NNaO4. The van der Waals surface area contributed by atoms with Gasteiger partial charge in [-0.05, 0) is 39.0 Å². The summed E-state index contributed by atoms with van der Waals surface area (Å²) in [5, 5.41) is 12.4. The molecule has 0 atom stereocenters. The second kappa shape index (κ2) is 7.93. The van der Waals surface area contributed by atoms with Crippen molar-refractivity contribution in [1.29, 1.82) is 0 Å². The minimum absolute atomic E-state index is 0. The van der Waals surface area contributed by atoms with Gasteiger partial charge in [-0.2, -0.15) is 0 Å². The molecule has 0 radical (unpaired) electrons. The summed E-state index contributed by atoms with van der Waals surface area (Å²) in [6, 6.07) is 3.03. The van der Waals surface area contributed by atoms with Crippen LogP contribution < -0.4 is 34.7 Å². The number of hydrogen-bond donors (Lipinski definition) is 1. The Bertz CT molecular complexity index is 822. The number of halogens is 2. The summed E-state index contributed by atoms with van der Waals surface area (Å²) in [4.78, 5) is 25.7. The molecule has 0 amide bonds. The number of carboxylic acid groups (broad SMARTS) is 1. The van der Waals surface area contributed by atoms with Crippen LogP contribution in [0.4, 0.5) is 0 Å². The summed E-state index contributed by atoms with van der Waals surface area (Å²) in [7, 11) is 0. The fourth-order valence-electron chi connectivity index (χ4n) is 2.09. The van der Waals surface area contributed by atoms with Crippen LogP contribution in [0.3, 0.4) is 0 Å². The Kier molecular flexibility index (Phi) is 6.96. The number of benzene rings is 1. The number of aromatic nitrogens is 1. The number of carboxylic acids is 1. The van der Waals surface area contributed by atoms with Crippen molar-refractivity contribution < 1.29 is 49.0 Å². The summed E-state index contributed by atoms with van der Waals surface area (Å²) in [5.41, 5.74) is -0.175. The van der Waals surface area contributed by atoms with E-state index in [1.165, 1.54) is 12.1 Å². The van der Waals surface area contributed by atoms with Crippen molar-refractivity contribution in [3.63, 3.8) is 0 Å². The molecular weight excluding hydrogens is 364 g/mol. The van der Waals surface area contributed by atoms with Crippen LogP contribution in [-0.4, -0.2) is 22.5 Å². The summed E-state index contributed by atoms with van der Waals surface area (Å²) in [6.07, 6.45) is 2.48. The third-order valence-corrected chi connectivity index (χ3v) is 3.37. The van der Waals surface area contributed by atoms with Crippen LogP contribution in [0.1, 0.15) is 36.8 Å². The second-order valence-corrected chi connectivity index (χ2v) is 6.72. The van der Waals surface area contributed by atoms with E-state index in [0.29, 0.717) is 15.9 Å². The van der Waals surface area contributed by atoms with Crippen LogP contribution in [0.15, 0.2) is 18.2 Å². The van der Waals surface area contributed by atoms with Crippen LogP contribution in [0, 0.1) is 0 Å². The van der Waals surface area contributed by atoms with Gasteiger partial charge in [0.1, 0.15) is 5.60 Å². The van der Waals surface area contributed by atoms with Gasteiger partial charge in [0.25, 0.3) is 0 Å². The molecule has 0 unspecified atom stereocenters. The standard InChI is InChI=1S/C16H15Cl2NO4.Na/c1-16(2,3)23-12(20)5-4-9-13-10(18)6-8(17)7-11(13)19-14(9)15(21)22;/h4-7,19H,1-3H3,(H,21,22);/q;+1/p-1/b5-4+;. The minimum Gasteiger partial charge on any atom is -0.543 e. The molecule has 1 aromatic carbocycles. The number of carbonyl (C=O) groups excluding carboxylic acids is 2. The first-order valence-electron chi connectivity index (χ1n) is 6.71. The summed E-state index contributed by atoms with van der Waals surface area (Å²) in [5.74, 6) is -2.02. The second-order valence-electron chi connectivity index (χ2n) is 5.88. The molecule has 0 aliphatic heterocycles. The smallest absolute Gasteiger partial charge is 0.543 e. The molecule has 2 aromatic rings. The van der Waals surface area contributed by atoms with Crippen molar-refractivity contribution in [1.82, 2.24) is 4.98 Å². The first kappa shape index (κ1) is 21.1. The minimum atomic E-state index is -1.42. The van der Waals surface area contributed by atoms with E-state index in [-0.39, 0.29) is 45.8 Å². The SMILES string of the molecule is CC(C)(C)OC(=O)/C=C/c1c(C(=O)[O-])[nH]c2cc(Cl)cc(Cl)c12.[Na+]. The Morgan fingerprint density at radius 1 is 1.25 bits per heavy atom. The van der Waals surface area contributed by atoms with Gasteiger partial charge < -0.3 is 19.6 Å². The van der Waals surface area contributed by atoms with E-state index in [9.17, 15) is 14.7 Å². The first-order valence-corrected chi connectivity index (χ1v) is 7.47. The normalized spacial score (nSPS) is 11.5. The zero-order valence-corrected chi connectivity index (χ0v) is 17.2. The van der Waals surface area contributed by atoms with E-state index in [2.05, 4.69) is 4.98 Å². The molecule has 5 nitrogen and oxygen atoms in total. The monoisotopic (exact) mass is 377 g/mol. The first-order chi connectivity index (χ1) is 10.6. The number of hydrogen-bond acceptors (Lipinski definition) is 4. The van der Waals surface area contributed by atoms with Gasteiger partial charge >= 0.3 is 35.5 Å². The van der Waals surface area contributed by atoms with Crippen LogP contribution in [0.5, 0.6) is 0 Å². The number of carbonyl (C=O) groups is 2. The van der Waals surface area contributed by atoms with Gasteiger partial charge in [0, 0.05) is 27.6 Å². The van der Waals surface area contributed by atoms with Crippen LogP contribution in [0.25, 0.3) is 17.0 Å². The van der Waals surface area contributed by atoms with Gasteiger partial charge in [-0.1, -0.05) is 23.2 Å². The van der Waals surface area contributed by atoms with Crippen LogP contribution in [0.2, 0.25) is 10.0 Å². The van der Waals surface area contributed by atoms with E-state index < -0.39 is 17.5 Å². The van der Waals surface area contributed by atoms with Crippen molar-refractivity contribution in [2.24, 2.45) is 0 Å². The Morgan fingerprint density at radius 3 is 2.42 bits per heavy atom. The largest absolute Gasteiger partial charge is 1.00 e. The van der Waals surface area contributed by atoms with Gasteiger partial charge in [0.15, 0.2) is 0 Å². The molecule has 8 heteroatoms. The summed E-state index contributed by atoms with van der Waals surface area (Å²) < 4.78 is 5.14. The van der Waals surface area contributed by atoms with Gasteiger partial charge in [-0.25, -0.2) is 4.79 Å². The van der Waals surface area contributed by atoms with E-state index >= 15 is 0 Å². The fourth-order valence-corrected chi connectivity index (χ4v) is 2.68. The van der Waals surface area contributed by atoms with Crippen LogP contribution in [-0.2, 0) is 9.53 Å². The number of nitrogens with one attached hydrogen (secondary N) is 1. The van der Waals surface area contributed by atoms with Crippen molar-refractivity contribution in [2.45, 2.75) is 26.4 Å². The molecule has 0 saturated carbocycles. The molecule has 2 rings (SSSR count). The predicted molar refractivity (Wildman–Crippen MR) is 87.5 cm³/mol. The molecule has 0 spiro atoms. The van der Waals surface area contributed by atoms with Crippen LogP contribution >= 0.6 is 23.2 Å². The Morgan fingerprint density at radius 2 is 1.88 bits per heavy atom. The summed E-state index contributed by atoms with van der Waals surface area (Å²) >= 11 is 12.0. The zero-order valence-electron chi connectivity index (χ0n) is 13.7. The molecule has 122 valence electrons. The average Bonchev–Trinajstić information content (AvgIpc) is 2.73. The van der Waals surface area contributed by atoms with E-state index in [1.54, 1.807) is 26.8 Å². The maximum atomic E-state index is 11.8. The Balaban J connectivity index is 0.00000288. The molecule has 0 aliphatic carbocycles. The van der Waals surface area contributed by atoms with Gasteiger partial charge in [0.05, 0.1) is 16.7 Å². The molecule has 1 heterocycles. The molecule has 24 heavy (non-hydrogen) atoms. The van der Waals surface area contributed by atoms with Crippen molar-refractivity contribution in [3.8, 4) is 0 Å². The molecule has 0 aliphatic rings. The zero-order chi connectivity index (χ0) is 17.4. The number of rotatable bonds is 3. The molecule has 0 fully saturated rings. The molecule has 1 aromatic heterocycles. The van der Waals surface area contributed by atoms with E-state index in [1.807, 2.05) is 0 Å². The van der Waals surface area contributed by atoms with Gasteiger partial charge in [-0.15, -0.1) is 0 Å². The molecule has 0 bridgehead atoms. The van der Waals surface area contributed by atoms with E-state index in [4.69, 9.17) is 27.9 Å². The van der Waals surface area contributed by atoms with Gasteiger partial charge in [-0.3, -0.25) is 0 Å². The number of esters is 1. The fraction of sp³-hybridized carbons (Fsp3) is 0.250. The third-order valence-electron chi connectivity index (χ3n) is 2.85.